The Morgan fingerprint density at radius 2 is 1.94 bits per heavy atom. The van der Waals surface area contributed by atoms with E-state index in [9.17, 15) is 4.79 Å². The summed E-state index contributed by atoms with van der Waals surface area (Å²) in [5.74, 6) is -0.345. The highest BCUT2D eigenvalue weighted by Gasteiger charge is 2.08. The van der Waals surface area contributed by atoms with Crippen molar-refractivity contribution in [1.29, 1.82) is 0 Å². The first-order valence-electron chi connectivity index (χ1n) is 6.04. The summed E-state index contributed by atoms with van der Waals surface area (Å²) in [6.07, 6.45) is 2.19. The van der Waals surface area contributed by atoms with E-state index in [1.165, 1.54) is 11.1 Å². The summed E-state index contributed by atoms with van der Waals surface area (Å²) in [6, 6.07) is 6.42. The van der Waals surface area contributed by atoms with E-state index in [4.69, 9.17) is 5.73 Å². The average molecular weight is 231 g/mol. The SMILES string of the molecule is CCCc1ccc(C)c(/C(C)=C(\C)C(N)=O)c1. The molecule has 1 aromatic carbocycles. The maximum atomic E-state index is 11.2. The molecule has 0 aromatic heterocycles. The van der Waals surface area contributed by atoms with Gasteiger partial charge in [-0.25, -0.2) is 0 Å². The molecule has 0 aliphatic carbocycles. The maximum Gasteiger partial charge on any atom is 0.244 e. The summed E-state index contributed by atoms with van der Waals surface area (Å²) in [6.45, 7) is 7.96. The first kappa shape index (κ1) is 13.5. The molecule has 1 rings (SSSR count). The van der Waals surface area contributed by atoms with E-state index < -0.39 is 0 Å². The lowest BCUT2D eigenvalue weighted by atomic mass is 9.94. The fraction of sp³-hybridized carbons (Fsp3) is 0.400. The normalized spacial score (nSPS) is 12.2. The Kier molecular flexibility index (Phi) is 4.50. The van der Waals surface area contributed by atoms with Crippen molar-refractivity contribution in [2.75, 3.05) is 0 Å². The van der Waals surface area contributed by atoms with E-state index in [1.807, 2.05) is 6.92 Å². The minimum Gasteiger partial charge on any atom is -0.366 e. The van der Waals surface area contributed by atoms with Gasteiger partial charge in [0.15, 0.2) is 0 Å². The van der Waals surface area contributed by atoms with Crippen LogP contribution in [0, 0.1) is 6.92 Å². The average Bonchev–Trinajstić information content (AvgIpc) is 2.30. The van der Waals surface area contributed by atoms with Crippen molar-refractivity contribution in [2.45, 2.75) is 40.5 Å². The number of primary amides is 1. The number of allylic oxidation sites excluding steroid dienone is 1. The predicted octanol–water partition coefficient (Wildman–Crippen LogP) is 3.23. The minimum absolute atomic E-state index is 0.345. The molecule has 0 unspecified atom stereocenters. The Hall–Kier alpha value is -1.57. The summed E-state index contributed by atoms with van der Waals surface area (Å²) >= 11 is 0. The van der Waals surface area contributed by atoms with Gasteiger partial charge < -0.3 is 5.73 Å². The second kappa shape index (κ2) is 5.67. The van der Waals surface area contributed by atoms with Gasteiger partial charge >= 0.3 is 0 Å². The third-order valence-corrected chi connectivity index (χ3v) is 3.18. The van der Waals surface area contributed by atoms with E-state index in [0.717, 1.165) is 24.0 Å². The highest BCUT2D eigenvalue weighted by Crippen LogP contribution is 2.23. The predicted molar refractivity (Wildman–Crippen MR) is 72.6 cm³/mol. The van der Waals surface area contributed by atoms with Gasteiger partial charge in [-0.3, -0.25) is 4.79 Å². The zero-order valence-corrected chi connectivity index (χ0v) is 11.1. The zero-order valence-electron chi connectivity index (χ0n) is 11.1. The Bertz CT molecular complexity index is 458. The van der Waals surface area contributed by atoms with Crippen LogP contribution in [0.1, 0.15) is 43.9 Å². The van der Waals surface area contributed by atoms with Crippen LogP contribution in [-0.4, -0.2) is 5.91 Å². The van der Waals surface area contributed by atoms with Crippen LogP contribution in [0.4, 0.5) is 0 Å². The highest BCUT2D eigenvalue weighted by atomic mass is 16.1. The molecule has 0 aliphatic heterocycles. The van der Waals surface area contributed by atoms with Crippen molar-refractivity contribution in [3.63, 3.8) is 0 Å². The van der Waals surface area contributed by atoms with Crippen LogP contribution in [0.2, 0.25) is 0 Å². The van der Waals surface area contributed by atoms with Crippen molar-refractivity contribution < 1.29 is 4.79 Å². The van der Waals surface area contributed by atoms with Gasteiger partial charge in [-0.2, -0.15) is 0 Å². The summed E-state index contributed by atoms with van der Waals surface area (Å²) in [5.41, 5.74) is 10.6. The number of aryl methyl sites for hydroxylation is 2. The van der Waals surface area contributed by atoms with Crippen molar-refractivity contribution in [1.82, 2.24) is 0 Å². The van der Waals surface area contributed by atoms with E-state index in [0.29, 0.717) is 5.57 Å². The molecule has 1 amide bonds. The molecule has 0 saturated heterocycles. The van der Waals surface area contributed by atoms with Crippen LogP contribution in [-0.2, 0) is 11.2 Å². The molecule has 1 aromatic rings. The number of amides is 1. The van der Waals surface area contributed by atoms with Gasteiger partial charge in [0, 0.05) is 5.57 Å². The molecule has 2 N–H and O–H groups in total. The maximum absolute atomic E-state index is 11.2. The number of rotatable bonds is 4. The third-order valence-electron chi connectivity index (χ3n) is 3.18. The second-order valence-electron chi connectivity index (χ2n) is 4.51. The van der Waals surface area contributed by atoms with E-state index in [1.54, 1.807) is 6.92 Å². The Morgan fingerprint density at radius 3 is 2.47 bits per heavy atom. The van der Waals surface area contributed by atoms with Gasteiger partial charge in [0.2, 0.25) is 5.91 Å². The number of benzene rings is 1. The smallest absolute Gasteiger partial charge is 0.244 e. The summed E-state index contributed by atoms with van der Waals surface area (Å²) in [7, 11) is 0. The summed E-state index contributed by atoms with van der Waals surface area (Å²) in [5, 5.41) is 0. The topological polar surface area (TPSA) is 43.1 Å². The van der Waals surface area contributed by atoms with Gasteiger partial charge in [-0.05, 0) is 49.5 Å². The molecular weight excluding hydrogens is 210 g/mol. The van der Waals surface area contributed by atoms with E-state index in [-0.39, 0.29) is 5.91 Å². The first-order chi connectivity index (χ1) is 7.97. The lowest BCUT2D eigenvalue weighted by Crippen LogP contribution is -2.13. The van der Waals surface area contributed by atoms with Crippen LogP contribution in [0.15, 0.2) is 23.8 Å². The van der Waals surface area contributed by atoms with Gasteiger partial charge in [0.1, 0.15) is 0 Å². The van der Waals surface area contributed by atoms with Crippen LogP contribution < -0.4 is 5.73 Å². The summed E-state index contributed by atoms with van der Waals surface area (Å²) < 4.78 is 0. The second-order valence-corrected chi connectivity index (χ2v) is 4.51. The lowest BCUT2D eigenvalue weighted by molar-refractivity contribution is -0.114. The third kappa shape index (κ3) is 3.19. The number of hydrogen-bond acceptors (Lipinski definition) is 1. The molecule has 0 saturated carbocycles. The molecule has 0 fully saturated rings. The first-order valence-corrected chi connectivity index (χ1v) is 6.04. The number of carbonyl (C=O) groups is 1. The lowest BCUT2D eigenvalue weighted by Gasteiger charge is -2.11. The highest BCUT2D eigenvalue weighted by molar-refractivity contribution is 5.99. The molecule has 0 heterocycles. The molecule has 2 nitrogen and oxygen atoms in total. The van der Waals surface area contributed by atoms with E-state index in [2.05, 4.69) is 32.0 Å². The molecule has 0 spiro atoms. The fourth-order valence-electron chi connectivity index (χ4n) is 1.90. The van der Waals surface area contributed by atoms with Gasteiger partial charge in [0.25, 0.3) is 0 Å². The van der Waals surface area contributed by atoms with Crippen molar-refractivity contribution in [3.8, 4) is 0 Å². The molecular formula is C15H21NO. The van der Waals surface area contributed by atoms with Gasteiger partial charge in [0.05, 0.1) is 0 Å². The Morgan fingerprint density at radius 1 is 1.29 bits per heavy atom. The molecule has 2 heteroatoms. The number of nitrogens with two attached hydrogens (primary N) is 1. The van der Waals surface area contributed by atoms with Gasteiger partial charge in [-0.15, -0.1) is 0 Å². The van der Waals surface area contributed by atoms with Crippen molar-refractivity contribution >= 4 is 11.5 Å². The van der Waals surface area contributed by atoms with Crippen LogP contribution >= 0.6 is 0 Å². The van der Waals surface area contributed by atoms with Crippen molar-refractivity contribution in [3.05, 3.63) is 40.5 Å². The van der Waals surface area contributed by atoms with E-state index >= 15 is 0 Å². The summed E-state index contributed by atoms with van der Waals surface area (Å²) in [4.78, 5) is 11.2. The molecule has 17 heavy (non-hydrogen) atoms. The van der Waals surface area contributed by atoms with Crippen LogP contribution in [0.3, 0.4) is 0 Å². The molecule has 0 atom stereocenters. The fourth-order valence-corrected chi connectivity index (χ4v) is 1.90. The molecule has 0 aliphatic rings. The van der Waals surface area contributed by atoms with Crippen LogP contribution in [0.25, 0.3) is 5.57 Å². The van der Waals surface area contributed by atoms with Crippen LogP contribution in [0.5, 0.6) is 0 Å². The monoisotopic (exact) mass is 231 g/mol. The Labute approximate surface area is 104 Å². The van der Waals surface area contributed by atoms with Crippen molar-refractivity contribution in [2.24, 2.45) is 5.73 Å². The number of carbonyl (C=O) groups excluding carboxylic acids is 1. The molecule has 0 radical (unpaired) electrons. The largest absolute Gasteiger partial charge is 0.366 e. The zero-order chi connectivity index (χ0) is 13.0. The standard InChI is InChI=1S/C15H21NO/c1-5-6-13-8-7-10(2)14(9-13)11(3)12(4)15(16)17/h7-9H,5-6H2,1-4H3,(H2,16,17)/b12-11+. The minimum atomic E-state index is -0.345. The number of hydrogen-bond donors (Lipinski definition) is 1. The molecule has 92 valence electrons. The Balaban J connectivity index is 3.25. The van der Waals surface area contributed by atoms with Gasteiger partial charge in [-0.1, -0.05) is 31.5 Å². The molecule has 0 bridgehead atoms. The quantitative estimate of drug-likeness (QED) is 0.794.